The maximum atomic E-state index is 11.8. The van der Waals surface area contributed by atoms with Gasteiger partial charge >= 0.3 is 18.0 Å². The molecule has 2 amide bonds. The minimum Gasteiger partial charge on any atom is -0.466 e. The van der Waals surface area contributed by atoms with E-state index in [2.05, 4.69) is 15.4 Å². The smallest absolute Gasteiger partial charge is 0.339 e. The second kappa shape index (κ2) is 9.38. The lowest BCUT2D eigenvalue weighted by atomic mass is 10.2. The average Bonchev–Trinajstić information content (AvgIpc) is 2.51. The Bertz CT molecular complexity index is 530. The molecule has 0 spiro atoms. The van der Waals surface area contributed by atoms with Gasteiger partial charge in [0.25, 0.3) is 0 Å². The van der Waals surface area contributed by atoms with Crippen LogP contribution in [-0.2, 0) is 14.3 Å². The highest BCUT2D eigenvalue weighted by atomic mass is 16.5. The summed E-state index contributed by atoms with van der Waals surface area (Å²) in [5.74, 6) is -0.820. The Labute approximate surface area is 129 Å². The molecule has 1 aromatic rings. The summed E-state index contributed by atoms with van der Waals surface area (Å²) in [4.78, 5) is 34.5. The van der Waals surface area contributed by atoms with Crippen molar-refractivity contribution in [3.05, 3.63) is 29.8 Å². The summed E-state index contributed by atoms with van der Waals surface area (Å²) in [6.45, 7) is 2.41. The van der Waals surface area contributed by atoms with Crippen molar-refractivity contribution >= 4 is 23.7 Å². The van der Waals surface area contributed by atoms with Crippen molar-refractivity contribution in [2.75, 3.05) is 25.6 Å². The van der Waals surface area contributed by atoms with Gasteiger partial charge < -0.3 is 20.1 Å². The van der Waals surface area contributed by atoms with Gasteiger partial charge in [-0.3, -0.25) is 4.79 Å². The number of para-hydroxylation sites is 1. The van der Waals surface area contributed by atoms with Gasteiger partial charge in [0.05, 0.1) is 25.0 Å². The van der Waals surface area contributed by atoms with Gasteiger partial charge in [-0.15, -0.1) is 0 Å². The molecule has 0 fully saturated rings. The Hall–Kier alpha value is -2.57. The molecule has 0 bridgehead atoms. The lowest BCUT2D eigenvalue weighted by Crippen LogP contribution is -2.30. The molecule has 0 unspecified atom stereocenters. The summed E-state index contributed by atoms with van der Waals surface area (Å²) >= 11 is 0. The molecule has 0 saturated carbocycles. The van der Waals surface area contributed by atoms with E-state index in [9.17, 15) is 14.4 Å². The molecule has 0 aliphatic carbocycles. The van der Waals surface area contributed by atoms with Crippen LogP contribution in [0.15, 0.2) is 24.3 Å². The molecule has 0 radical (unpaired) electrons. The van der Waals surface area contributed by atoms with Crippen LogP contribution < -0.4 is 10.6 Å². The van der Waals surface area contributed by atoms with Crippen molar-refractivity contribution in [1.82, 2.24) is 5.32 Å². The number of ether oxygens (including phenoxy) is 2. The van der Waals surface area contributed by atoms with Crippen molar-refractivity contribution in [3.63, 3.8) is 0 Å². The second-order valence-electron chi connectivity index (χ2n) is 4.33. The molecule has 1 aromatic carbocycles. The van der Waals surface area contributed by atoms with E-state index in [0.717, 1.165) is 0 Å². The summed E-state index contributed by atoms with van der Waals surface area (Å²) in [6, 6.07) is 6.07. The van der Waals surface area contributed by atoms with Crippen molar-refractivity contribution in [2.24, 2.45) is 0 Å². The van der Waals surface area contributed by atoms with Crippen LogP contribution in [0.3, 0.4) is 0 Å². The Morgan fingerprint density at radius 2 is 1.91 bits per heavy atom. The van der Waals surface area contributed by atoms with Crippen LogP contribution in [0.5, 0.6) is 0 Å². The van der Waals surface area contributed by atoms with E-state index in [-0.39, 0.29) is 18.0 Å². The molecule has 22 heavy (non-hydrogen) atoms. The van der Waals surface area contributed by atoms with Gasteiger partial charge in [-0.1, -0.05) is 12.1 Å². The second-order valence-corrected chi connectivity index (χ2v) is 4.33. The van der Waals surface area contributed by atoms with Crippen LogP contribution in [0, 0.1) is 0 Å². The summed E-state index contributed by atoms with van der Waals surface area (Å²) in [6.07, 6.45) is 0.720. The molecule has 1 rings (SSSR count). The first-order valence-electron chi connectivity index (χ1n) is 6.96. The number of anilines is 1. The van der Waals surface area contributed by atoms with E-state index in [4.69, 9.17) is 4.74 Å². The fraction of sp³-hybridized carbons (Fsp3) is 0.400. The first-order valence-corrected chi connectivity index (χ1v) is 6.96. The average molecular weight is 308 g/mol. The van der Waals surface area contributed by atoms with E-state index in [1.807, 2.05) is 0 Å². The van der Waals surface area contributed by atoms with E-state index >= 15 is 0 Å². The molecule has 120 valence electrons. The summed E-state index contributed by atoms with van der Waals surface area (Å²) in [5.41, 5.74) is 0.629. The Kier molecular flexibility index (Phi) is 7.45. The standard InChI is InChI=1S/C15H20N2O5/c1-3-22-13(18)9-6-10-16-15(20)17-12-8-5-4-7-11(12)14(19)21-2/h4-5,7-8H,3,6,9-10H2,1-2H3,(H2,16,17,20). The van der Waals surface area contributed by atoms with Crippen LogP contribution in [-0.4, -0.2) is 38.2 Å². The number of carbonyl (C=O) groups is 3. The molecule has 0 saturated heterocycles. The molecule has 7 heteroatoms. The number of methoxy groups -OCH3 is 1. The number of amides is 2. The SMILES string of the molecule is CCOC(=O)CCCNC(=O)Nc1ccccc1C(=O)OC. The number of esters is 2. The number of rotatable bonds is 7. The van der Waals surface area contributed by atoms with Crippen LogP contribution in [0.1, 0.15) is 30.1 Å². The topological polar surface area (TPSA) is 93.7 Å². The number of hydrogen-bond acceptors (Lipinski definition) is 5. The molecule has 2 N–H and O–H groups in total. The molecule has 0 aromatic heterocycles. The fourth-order valence-electron chi connectivity index (χ4n) is 1.71. The number of hydrogen-bond donors (Lipinski definition) is 2. The van der Waals surface area contributed by atoms with E-state index in [1.54, 1.807) is 31.2 Å². The van der Waals surface area contributed by atoms with Gasteiger partial charge in [-0.2, -0.15) is 0 Å². The lowest BCUT2D eigenvalue weighted by Gasteiger charge is -2.10. The first-order chi connectivity index (χ1) is 10.6. The summed E-state index contributed by atoms with van der Waals surface area (Å²) in [5, 5.41) is 5.17. The van der Waals surface area contributed by atoms with Crippen LogP contribution >= 0.6 is 0 Å². The summed E-state index contributed by atoms with van der Waals surface area (Å²) in [7, 11) is 1.27. The van der Waals surface area contributed by atoms with Crippen molar-refractivity contribution in [3.8, 4) is 0 Å². The van der Waals surface area contributed by atoms with Crippen LogP contribution in [0.4, 0.5) is 10.5 Å². The van der Waals surface area contributed by atoms with Gasteiger partial charge in [0.15, 0.2) is 0 Å². The molecule has 0 aliphatic heterocycles. The minimum atomic E-state index is -0.529. The highest BCUT2D eigenvalue weighted by Gasteiger charge is 2.12. The fourth-order valence-corrected chi connectivity index (χ4v) is 1.71. The predicted octanol–water partition coefficient (Wildman–Crippen LogP) is 1.94. The highest BCUT2D eigenvalue weighted by molar-refractivity contribution is 6.00. The van der Waals surface area contributed by atoms with E-state index in [1.165, 1.54) is 7.11 Å². The predicted molar refractivity (Wildman–Crippen MR) is 80.7 cm³/mol. The maximum Gasteiger partial charge on any atom is 0.339 e. The first kappa shape index (κ1) is 17.5. The molecular weight excluding hydrogens is 288 g/mol. The third kappa shape index (κ3) is 5.82. The summed E-state index contributed by atoms with van der Waals surface area (Å²) < 4.78 is 9.42. The van der Waals surface area contributed by atoms with Crippen LogP contribution in [0.2, 0.25) is 0 Å². The molecule has 7 nitrogen and oxygen atoms in total. The Balaban J connectivity index is 2.43. The molecule has 0 atom stereocenters. The van der Waals surface area contributed by atoms with Crippen molar-refractivity contribution in [2.45, 2.75) is 19.8 Å². The molecule has 0 aliphatic rings. The normalized spacial score (nSPS) is 9.73. The third-order valence-corrected chi connectivity index (χ3v) is 2.73. The Morgan fingerprint density at radius 1 is 1.18 bits per heavy atom. The zero-order valence-electron chi connectivity index (χ0n) is 12.7. The number of carbonyl (C=O) groups excluding carboxylic acids is 3. The largest absolute Gasteiger partial charge is 0.466 e. The zero-order chi connectivity index (χ0) is 16.4. The molecule has 0 heterocycles. The molecular formula is C15H20N2O5. The quantitative estimate of drug-likeness (QED) is 0.593. The monoisotopic (exact) mass is 308 g/mol. The van der Waals surface area contributed by atoms with Gasteiger partial charge in [-0.05, 0) is 25.5 Å². The van der Waals surface area contributed by atoms with E-state index < -0.39 is 12.0 Å². The van der Waals surface area contributed by atoms with Crippen molar-refractivity contribution < 1.29 is 23.9 Å². The number of urea groups is 1. The van der Waals surface area contributed by atoms with Gasteiger partial charge in [0.2, 0.25) is 0 Å². The number of benzene rings is 1. The lowest BCUT2D eigenvalue weighted by molar-refractivity contribution is -0.143. The third-order valence-electron chi connectivity index (χ3n) is 2.73. The number of nitrogens with one attached hydrogen (secondary N) is 2. The Morgan fingerprint density at radius 3 is 2.59 bits per heavy atom. The van der Waals surface area contributed by atoms with Gasteiger partial charge in [-0.25, -0.2) is 9.59 Å². The highest BCUT2D eigenvalue weighted by Crippen LogP contribution is 2.15. The van der Waals surface area contributed by atoms with Crippen LogP contribution in [0.25, 0.3) is 0 Å². The minimum absolute atomic E-state index is 0.243. The van der Waals surface area contributed by atoms with Gasteiger partial charge in [0.1, 0.15) is 0 Å². The van der Waals surface area contributed by atoms with Gasteiger partial charge in [0, 0.05) is 13.0 Å². The maximum absolute atomic E-state index is 11.8. The van der Waals surface area contributed by atoms with E-state index in [0.29, 0.717) is 25.3 Å². The van der Waals surface area contributed by atoms with Crippen molar-refractivity contribution in [1.29, 1.82) is 0 Å². The zero-order valence-corrected chi connectivity index (χ0v) is 12.7.